The number of nitrogens with two attached hydrogens (primary N) is 1. The molecule has 1 aromatic rings. The van der Waals surface area contributed by atoms with Gasteiger partial charge in [-0.3, -0.25) is 4.98 Å². The molecule has 1 unspecified atom stereocenters. The normalized spacial score (nSPS) is 19.7. The van der Waals surface area contributed by atoms with E-state index in [0.29, 0.717) is 5.92 Å². The van der Waals surface area contributed by atoms with Gasteiger partial charge in [0.15, 0.2) is 0 Å². The zero-order chi connectivity index (χ0) is 13.1. The molecule has 1 aliphatic heterocycles. The van der Waals surface area contributed by atoms with Gasteiger partial charge < -0.3 is 15.5 Å². The Bertz CT molecular complexity index is 428. The fourth-order valence-electron chi connectivity index (χ4n) is 2.52. The van der Waals surface area contributed by atoms with Crippen molar-refractivity contribution < 1.29 is 0 Å². The van der Waals surface area contributed by atoms with Gasteiger partial charge >= 0.3 is 0 Å². The molecule has 0 spiro atoms. The molecule has 2 heterocycles. The zero-order valence-electron chi connectivity index (χ0n) is 11.3. The predicted octanol–water partition coefficient (Wildman–Crippen LogP) is 1.96. The highest BCUT2D eigenvalue weighted by Crippen LogP contribution is 2.30. The van der Waals surface area contributed by atoms with E-state index in [2.05, 4.69) is 35.5 Å². The van der Waals surface area contributed by atoms with Crippen LogP contribution in [-0.4, -0.2) is 37.1 Å². The molecule has 1 atom stereocenters. The Morgan fingerprint density at radius 3 is 3.00 bits per heavy atom. The van der Waals surface area contributed by atoms with Gasteiger partial charge in [0.25, 0.3) is 0 Å². The first-order chi connectivity index (χ1) is 8.59. The Kier molecular flexibility index (Phi) is 3.75. The van der Waals surface area contributed by atoms with Crippen molar-refractivity contribution in [1.82, 2.24) is 9.88 Å². The first kappa shape index (κ1) is 12.7. The van der Waals surface area contributed by atoms with Crippen molar-refractivity contribution in [3.63, 3.8) is 0 Å². The number of pyridine rings is 1. The standard InChI is InChI=1S/C14H22N4/c1-11(17(2)3)12-5-4-8-18(10-12)14-6-7-16-9-13(14)15/h6-7,9,12H,1,4-5,8,10,15H2,2-3H3. The Balaban J connectivity index is 2.12. The SMILES string of the molecule is C=C(C1CCCN(c2ccncc2N)C1)N(C)C. The summed E-state index contributed by atoms with van der Waals surface area (Å²) in [7, 11) is 4.12. The molecule has 1 aromatic heterocycles. The topological polar surface area (TPSA) is 45.4 Å². The summed E-state index contributed by atoms with van der Waals surface area (Å²) < 4.78 is 0. The van der Waals surface area contributed by atoms with Gasteiger partial charge in [-0.1, -0.05) is 6.58 Å². The molecule has 2 rings (SSSR count). The third-order valence-electron chi connectivity index (χ3n) is 3.64. The van der Waals surface area contributed by atoms with Crippen LogP contribution in [0.3, 0.4) is 0 Å². The summed E-state index contributed by atoms with van der Waals surface area (Å²) in [5.41, 5.74) is 9.05. The van der Waals surface area contributed by atoms with E-state index >= 15 is 0 Å². The van der Waals surface area contributed by atoms with Gasteiger partial charge in [0, 0.05) is 45.0 Å². The van der Waals surface area contributed by atoms with Gasteiger partial charge in [-0.05, 0) is 18.9 Å². The van der Waals surface area contributed by atoms with E-state index < -0.39 is 0 Å². The van der Waals surface area contributed by atoms with Crippen LogP contribution in [0.15, 0.2) is 30.7 Å². The maximum atomic E-state index is 6.00. The number of aromatic nitrogens is 1. The molecule has 0 amide bonds. The molecular formula is C14H22N4. The minimum atomic E-state index is 0.515. The Labute approximate surface area is 109 Å². The average Bonchev–Trinajstić information content (AvgIpc) is 2.38. The molecule has 0 radical (unpaired) electrons. The van der Waals surface area contributed by atoms with Crippen LogP contribution in [0.25, 0.3) is 0 Å². The molecule has 0 bridgehead atoms. The van der Waals surface area contributed by atoms with Crippen molar-refractivity contribution in [2.45, 2.75) is 12.8 Å². The van der Waals surface area contributed by atoms with Crippen LogP contribution in [0.1, 0.15) is 12.8 Å². The molecule has 1 saturated heterocycles. The predicted molar refractivity (Wildman–Crippen MR) is 76.4 cm³/mol. The lowest BCUT2D eigenvalue weighted by atomic mass is 9.94. The van der Waals surface area contributed by atoms with Crippen LogP contribution < -0.4 is 10.6 Å². The van der Waals surface area contributed by atoms with Gasteiger partial charge in [-0.15, -0.1) is 0 Å². The smallest absolute Gasteiger partial charge is 0.0738 e. The third-order valence-corrected chi connectivity index (χ3v) is 3.64. The second-order valence-corrected chi connectivity index (χ2v) is 5.11. The van der Waals surface area contributed by atoms with Crippen molar-refractivity contribution in [3.8, 4) is 0 Å². The molecule has 1 fully saturated rings. The third kappa shape index (κ3) is 2.58. The molecule has 2 N–H and O–H groups in total. The molecule has 4 nitrogen and oxygen atoms in total. The maximum absolute atomic E-state index is 6.00. The van der Waals surface area contributed by atoms with E-state index in [1.165, 1.54) is 18.5 Å². The van der Waals surface area contributed by atoms with Crippen LogP contribution in [0.2, 0.25) is 0 Å². The van der Waals surface area contributed by atoms with Gasteiger partial charge in [0.2, 0.25) is 0 Å². The van der Waals surface area contributed by atoms with Gasteiger partial charge in [-0.2, -0.15) is 0 Å². The van der Waals surface area contributed by atoms with E-state index in [0.717, 1.165) is 24.5 Å². The van der Waals surface area contributed by atoms with Crippen LogP contribution in [-0.2, 0) is 0 Å². The van der Waals surface area contributed by atoms with E-state index in [1.54, 1.807) is 12.4 Å². The number of hydrogen-bond donors (Lipinski definition) is 1. The van der Waals surface area contributed by atoms with Crippen LogP contribution >= 0.6 is 0 Å². The van der Waals surface area contributed by atoms with E-state index in [1.807, 2.05) is 6.07 Å². The molecule has 4 heteroatoms. The summed E-state index contributed by atoms with van der Waals surface area (Å²) in [5.74, 6) is 0.515. The first-order valence-electron chi connectivity index (χ1n) is 6.40. The number of piperidine rings is 1. The van der Waals surface area contributed by atoms with Crippen LogP contribution in [0, 0.1) is 5.92 Å². The summed E-state index contributed by atoms with van der Waals surface area (Å²) in [5, 5.41) is 0. The van der Waals surface area contributed by atoms with Crippen molar-refractivity contribution in [2.24, 2.45) is 5.92 Å². The quantitative estimate of drug-likeness (QED) is 0.885. The lowest BCUT2D eigenvalue weighted by Gasteiger charge is -2.37. The molecule has 0 aromatic carbocycles. The maximum Gasteiger partial charge on any atom is 0.0738 e. The van der Waals surface area contributed by atoms with Crippen LogP contribution in [0.5, 0.6) is 0 Å². The lowest BCUT2D eigenvalue weighted by molar-refractivity contribution is 0.370. The van der Waals surface area contributed by atoms with E-state index in [4.69, 9.17) is 5.73 Å². The van der Waals surface area contributed by atoms with Gasteiger partial charge in [-0.25, -0.2) is 0 Å². The monoisotopic (exact) mass is 246 g/mol. The van der Waals surface area contributed by atoms with E-state index in [-0.39, 0.29) is 0 Å². The summed E-state index contributed by atoms with van der Waals surface area (Å²) in [4.78, 5) is 8.51. The molecule has 0 aliphatic carbocycles. The summed E-state index contributed by atoms with van der Waals surface area (Å²) in [6.45, 7) is 6.24. The van der Waals surface area contributed by atoms with Crippen molar-refractivity contribution in [3.05, 3.63) is 30.7 Å². The Morgan fingerprint density at radius 2 is 2.33 bits per heavy atom. The number of anilines is 2. The van der Waals surface area contributed by atoms with Crippen molar-refractivity contribution in [1.29, 1.82) is 0 Å². The fraction of sp³-hybridized carbons (Fsp3) is 0.500. The average molecular weight is 246 g/mol. The first-order valence-corrected chi connectivity index (χ1v) is 6.40. The fourth-order valence-corrected chi connectivity index (χ4v) is 2.52. The number of hydrogen-bond acceptors (Lipinski definition) is 4. The molecule has 98 valence electrons. The molecule has 18 heavy (non-hydrogen) atoms. The minimum absolute atomic E-state index is 0.515. The molecule has 1 aliphatic rings. The van der Waals surface area contributed by atoms with Crippen molar-refractivity contribution >= 4 is 11.4 Å². The highest BCUT2D eigenvalue weighted by Gasteiger charge is 2.24. The highest BCUT2D eigenvalue weighted by atomic mass is 15.2. The lowest BCUT2D eigenvalue weighted by Crippen LogP contribution is -2.38. The van der Waals surface area contributed by atoms with E-state index in [9.17, 15) is 0 Å². The molecule has 0 saturated carbocycles. The Morgan fingerprint density at radius 1 is 1.56 bits per heavy atom. The largest absolute Gasteiger partial charge is 0.396 e. The number of nitrogens with zero attached hydrogens (tertiary/aromatic N) is 3. The van der Waals surface area contributed by atoms with Gasteiger partial charge in [0.1, 0.15) is 0 Å². The summed E-state index contributed by atoms with van der Waals surface area (Å²) in [6.07, 6.45) is 5.91. The highest BCUT2D eigenvalue weighted by molar-refractivity contribution is 5.66. The second kappa shape index (κ2) is 5.29. The van der Waals surface area contributed by atoms with Crippen molar-refractivity contribution in [2.75, 3.05) is 37.8 Å². The number of rotatable bonds is 3. The number of nitrogen functional groups attached to an aromatic ring is 1. The Hall–Kier alpha value is -1.71. The minimum Gasteiger partial charge on any atom is -0.396 e. The summed E-state index contributed by atoms with van der Waals surface area (Å²) in [6, 6.07) is 2.00. The zero-order valence-corrected chi connectivity index (χ0v) is 11.3. The van der Waals surface area contributed by atoms with Crippen LogP contribution in [0.4, 0.5) is 11.4 Å². The van der Waals surface area contributed by atoms with Gasteiger partial charge in [0.05, 0.1) is 17.6 Å². The molecular weight excluding hydrogens is 224 g/mol. The summed E-state index contributed by atoms with van der Waals surface area (Å²) >= 11 is 0. The second-order valence-electron chi connectivity index (χ2n) is 5.11.